The lowest BCUT2D eigenvalue weighted by Crippen LogP contribution is -2.67. The fraction of sp³-hybridized carbons (Fsp3) is 0.478. The first-order valence-corrected chi connectivity index (χ1v) is 11.7. The molecule has 27 heavy (non-hydrogen) atoms. The van der Waals surface area contributed by atoms with Crippen LogP contribution in [-0.4, -0.2) is 37.8 Å². The van der Waals surface area contributed by atoms with Crippen LogP contribution >= 0.6 is 0 Å². The SMILES string of the molecule is C[C@H](CO[Si](c1ccccc1)(c1ccccc1)C(C)(C)C)[C@H](O)[C@@H](C)CO. The van der Waals surface area contributed by atoms with Crippen molar-refractivity contribution in [3.05, 3.63) is 60.7 Å². The Kier molecular flexibility index (Phi) is 7.40. The lowest BCUT2D eigenvalue weighted by Gasteiger charge is -2.44. The van der Waals surface area contributed by atoms with Crippen LogP contribution in [-0.2, 0) is 4.43 Å². The van der Waals surface area contributed by atoms with Crippen molar-refractivity contribution in [1.82, 2.24) is 0 Å². The Balaban J connectivity index is 2.47. The van der Waals surface area contributed by atoms with Gasteiger partial charge in [-0.3, -0.25) is 0 Å². The summed E-state index contributed by atoms with van der Waals surface area (Å²) in [6.45, 7) is 11.0. The second-order valence-corrected chi connectivity index (χ2v) is 12.9. The Morgan fingerprint density at radius 1 is 0.852 bits per heavy atom. The average molecular weight is 387 g/mol. The van der Waals surface area contributed by atoms with E-state index >= 15 is 0 Å². The van der Waals surface area contributed by atoms with E-state index in [1.54, 1.807) is 0 Å². The Bertz CT molecular complexity index is 642. The van der Waals surface area contributed by atoms with Gasteiger partial charge in [0.25, 0.3) is 8.32 Å². The normalized spacial score (nSPS) is 16.0. The number of benzene rings is 2. The van der Waals surface area contributed by atoms with Crippen molar-refractivity contribution in [3.8, 4) is 0 Å². The predicted molar refractivity (Wildman–Crippen MR) is 115 cm³/mol. The van der Waals surface area contributed by atoms with Crippen LogP contribution in [0.4, 0.5) is 0 Å². The van der Waals surface area contributed by atoms with Crippen molar-refractivity contribution < 1.29 is 14.6 Å². The molecule has 0 heterocycles. The van der Waals surface area contributed by atoms with Crippen LogP contribution in [0.25, 0.3) is 0 Å². The van der Waals surface area contributed by atoms with Crippen LogP contribution in [0.15, 0.2) is 60.7 Å². The highest BCUT2D eigenvalue weighted by atomic mass is 28.4. The highest BCUT2D eigenvalue weighted by Crippen LogP contribution is 2.37. The zero-order valence-electron chi connectivity index (χ0n) is 17.2. The van der Waals surface area contributed by atoms with Crippen LogP contribution in [0.2, 0.25) is 5.04 Å². The summed E-state index contributed by atoms with van der Waals surface area (Å²) in [4.78, 5) is 0. The van der Waals surface area contributed by atoms with Crippen molar-refractivity contribution in [2.45, 2.75) is 45.8 Å². The Morgan fingerprint density at radius 2 is 1.30 bits per heavy atom. The number of hydrogen-bond donors (Lipinski definition) is 2. The first kappa shape index (κ1) is 21.8. The van der Waals surface area contributed by atoms with E-state index in [0.29, 0.717) is 6.61 Å². The highest BCUT2D eigenvalue weighted by Gasteiger charge is 2.50. The molecule has 4 heteroatoms. The third-order valence-corrected chi connectivity index (χ3v) is 10.4. The Morgan fingerprint density at radius 3 is 1.67 bits per heavy atom. The van der Waals surface area contributed by atoms with E-state index < -0.39 is 14.4 Å². The van der Waals surface area contributed by atoms with Gasteiger partial charge in [-0.2, -0.15) is 0 Å². The monoisotopic (exact) mass is 386 g/mol. The van der Waals surface area contributed by atoms with E-state index in [4.69, 9.17) is 4.43 Å². The predicted octanol–water partition coefficient (Wildman–Crippen LogP) is 3.19. The van der Waals surface area contributed by atoms with Gasteiger partial charge in [-0.05, 0) is 15.4 Å². The third-order valence-electron chi connectivity index (χ3n) is 5.43. The second-order valence-electron chi connectivity index (χ2n) is 8.60. The van der Waals surface area contributed by atoms with E-state index in [0.717, 1.165) is 0 Å². The Hall–Kier alpha value is -1.46. The lowest BCUT2D eigenvalue weighted by molar-refractivity contribution is 0.0184. The molecule has 3 atom stereocenters. The summed E-state index contributed by atoms with van der Waals surface area (Å²) in [6.07, 6.45) is -0.590. The fourth-order valence-electron chi connectivity index (χ4n) is 3.79. The summed E-state index contributed by atoms with van der Waals surface area (Å²) in [5.74, 6) is -0.225. The molecule has 0 aliphatic rings. The molecule has 0 saturated heterocycles. The van der Waals surface area contributed by atoms with Crippen LogP contribution in [0.1, 0.15) is 34.6 Å². The van der Waals surface area contributed by atoms with Crippen LogP contribution < -0.4 is 10.4 Å². The summed E-state index contributed by atoms with van der Waals surface area (Å²) in [6, 6.07) is 21.0. The molecule has 0 bridgehead atoms. The van der Waals surface area contributed by atoms with E-state index in [1.165, 1.54) is 10.4 Å². The smallest absolute Gasteiger partial charge is 0.261 e. The third kappa shape index (κ3) is 4.69. The van der Waals surface area contributed by atoms with Crippen molar-refractivity contribution in [1.29, 1.82) is 0 Å². The molecular weight excluding hydrogens is 352 g/mol. The van der Waals surface area contributed by atoms with E-state index in [1.807, 2.05) is 26.0 Å². The fourth-order valence-corrected chi connectivity index (χ4v) is 8.45. The van der Waals surface area contributed by atoms with Gasteiger partial charge >= 0.3 is 0 Å². The van der Waals surface area contributed by atoms with Gasteiger partial charge < -0.3 is 14.6 Å². The molecule has 2 aromatic carbocycles. The van der Waals surface area contributed by atoms with Crippen LogP contribution in [0.3, 0.4) is 0 Å². The van der Waals surface area contributed by atoms with Crippen molar-refractivity contribution >= 4 is 18.7 Å². The molecule has 2 N–H and O–H groups in total. The molecule has 0 spiro atoms. The molecule has 0 unspecified atom stereocenters. The lowest BCUT2D eigenvalue weighted by atomic mass is 9.95. The molecule has 0 aromatic heterocycles. The maximum atomic E-state index is 10.5. The minimum atomic E-state index is -2.58. The summed E-state index contributed by atoms with van der Waals surface area (Å²) in [7, 11) is -2.58. The molecule has 0 aliphatic carbocycles. The number of aliphatic hydroxyl groups excluding tert-OH is 2. The first-order valence-electron chi connectivity index (χ1n) is 9.78. The van der Waals surface area contributed by atoms with Crippen molar-refractivity contribution in [2.24, 2.45) is 11.8 Å². The molecule has 0 radical (unpaired) electrons. The maximum absolute atomic E-state index is 10.5. The standard InChI is InChI=1S/C23H34O3Si/c1-18(16-24)22(25)19(2)17-26-27(23(3,4)5,20-12-8-6-9-13-20)21-14-10-7-11-15-21/h6-15,18-19,22,24-25H,16-17H2,1-5H3/t18-,19+,22+/m0/s1. The second kappa shape index (κ2) is 9.15. The van der Waals surface area contributed by atoms with Crippen LogP contribution in [0.5, 0.6) is 0 Å². The zero-order valence-corrected chi connectivity index (χ0v) is 18.2. The van der Waals surface area contributed by atoms with Gasteiger partial charge in [-0.1, -0.05) is 95.3 Å². The van der Waals surface area contributed by atoms with Gasteiger partial charge in [0.2, 0.25) is 0 Å². The van der Waals surface area contributed by atoms with Gasteiger partial charge in [0.15, 0.2) is 0 Å². The van der Waals surface area contributed by atoms with E-state index in [2.05, 4.69) is 69.3 Å². The van der Waals surface area contributed by atoms with Crippen molar-refractivity contribution in [2.75, 3.05) is 13.2 Å². The highest BCUT2D eigenvalue weighted by molar-refractivity contribution is 6.99. The minimum Gasteiger partial charge on any atom is -0.407 e. The maximum Gasteiger partial charge on any atom is 0.261 e. The average Bonchev–Trinajstić information content (AvgIpc) is 2.67. The van der Waals surface area contributed by atoms with Gasteiger partial charge in [0, 0.05) is 25.0 Å². The van der Waals surface area contributed by atoms with Gasteiger partial charge in [0.1, 0.15) is 0 Å². The van der Waals surface area contributed by atoms with Crippen LogP contribution in [0, 0.1) is 11.8 Å². The van der Waals surface area contributed by atoms with Gasteiger partial charge in [-0.25, -0.2) is 0 Å². The largest absolute Gasteiger partial charge is 0.407 e. The molecule has 0 saturated carbocycles. The number of hydrogen-bond acceptors (Lipinski definition) is 3. The first-order chi connectivity index (χ1) is 12.7. The summed E-state index contributed by atoms with van der Waals surface area (Å²) >= 11 is 0. The molecule has 3 nitrogen and oxygen atoms in total. The minimum absolute atomic E-state index is 0.0231. The molecule has 2 rings (SSSR count). The molecule has 0 fully saturated rings. The van der Waals surface area contributed by atoms with E-state index in [-0.39, 0.29) is 23.5 Å². The topological polar surface area (TPSA) is 49.7 Å². The molecule has 0 amide bonds. The zero-order chi connectivity index (χ0) is 20.1. The molecule has 2 aromatic rings. The summed E-state index contributed by atoms with van der Waals surface area (Å²) < 4.78 is 6.84. The van der Waals surface area contributed by atoms with E-state index in [9.17, 15) is 10.2 Å². The quantitative estimate of drug-likeness (QED) is 0.685. The van der Waals surface area contributed by atoms with Crippen molar-refractivity contribution in [3.63, 3.8) is 0 Å². The molecule has 148 valence electrons. The molecule has 0 aliphatic heterocycles. The Labute approximate surface area is 165 Å². The number of aliphatic hydroxyl groups is 2. The molecular formula is C23H34O3Si. The van der Waals surface area contributed by atoms with Gasteiger partial charge in [0.05, 0.1) is 6.10 Å². The summed E-state index contributed by atoms with van der Waals surface area (Å²) in [5.41, 5.74) is 0. The summed E-state index contributed by atoms with van der Waals surface area (Å²) in [5, 5.41) is 22.3. The number of rotatable bonds is 8. The van der Waals surface area contributed by atoms with Gasteiger partial charge in [-0.15, -0.1) is 0 Å².